The summed E-state index contributed by atoms with van der Waals surface area (Å²) in [6.07, 6.45) is 0.805. The van der Waals surface area contributed by atoms with Gasteiger partial charge in [0.1, 0.15) is 11.5 Å². The van der Waals surface area contributed by atoms with Crippen molar-refractivity contribution in [1.29, 1.82) is 0 Å². The molecule has 0 radical (unpaired) electrons. The monoisotopic (exact) mass is 345 g/mol. The van der Waals surface area contributed by atoms with Crippen LogP contribution in [-0.4, -0.2) is 17.6 Å². The molecule has 2 aromatic carbocycles. The molecule has 2 N–H and O–H groups in total. The Kier molecular flexibility index (Phi) is 2.72. The smallest absolute Gasteiger partial charge is 0.236 e. The Hall–Kier alpha value is -2.01. The largest absolute Gasteiger partial charge is 0.507 e. The van der Waals surface area contributed by atoms with E-state index in [1.54, 1.807) is 6.07 Å². The number of nitrogens with one attached hydrogen (secondary N) is 1. The van der Waals surface area contributed by atoms with E-state index in [1.807, 2.05) is 24.3 Å². The van der Waals surface area contributed by atoms with Crippen molar-refractivity contribution in [2.24, 2.45) is 0 Å². The molecule has 106 valence electrons. The Bertz CT molecular complexity index is 772. The average molecular weight is 346 g/mol. The Morgan fingerprint density at radius 1 is 1.33 bits per heavy atom. The van der Waals surface area contributed by atoms with Crippen molar-refractivity contribution in [3.05, 3.63) is 51.5 Å². The van der Waals surface area contributed by atoms with Crippen LogP contribution in [0.5, 0.6) is 11.5 Å². The second kappa shape index (κ2) is 4.49. The minimum atomic E-state index is -0.499. The fraction of sp³-hybridized carbons (Fsp3) is 0.188. The molecule has 0 aromatic heterocycles. The molecule has 0 saturated carbocycles. The van der Waals surface area contributed by atoms with Crippen LogP contribution in [0, 0.1) is 0 Å². The first-order valence-corrected chi connectivity index (χ1v) is 7.52. The van der Waals surface area contributed by atoms with Gasteiger partial charge >= 0.3 is 0 Å². The van der Waals surface area contributed by atoms with Gasteiger partial charge in [-0.3, -0.25) is 4.79 Å². The van der Waals surface area contributed by atoms with Gasteiger partial charge in [-0.05, 0) is 23.8 Å². The fourth-order valence-electron chi connectivity index (χ4n) is 3.04. The zero-order valence-electron chi connectivity index (χ0n) is 11.0. The van der Waals surface area contributed by atoms with Crippen molar-refractivity contribution in [1.82, 2.24) is 0 Å². The Balaban J connectivity index is 1.91. The molecule has 0 bridgehead atoms. The van der Waals surface area contributed by atoms with E-state index in [0.717, 1.165) is 27.7 Å². The van der Waals surface area contributed by atoms with Crippen LogP contribution in [0.25, 0.3) is 0 Å². The maximum absolute atomic E-state index is 12.4. The first-order chi connectivity index (χ1) is 10.1. The van der Waals surface area contributed by atoms with Gasteiger partial charge in [0.05, 0.1) is 12.5 Å². The molecule has 1 atom stereocenters. The Morgan fingerprint density at radius 2 is 2.19 bits per heavy atom. The van der Waals surface area contributed by atoms with Crippen LogP contribution in [0.15, 0.2) is 34.8 Å². The standard InChI is InChI=1S/C16H12BrNO3/c17-10-2-1-3-11-15(10)14(16(20)18-11)9-6-8-4-5-21-13(8)7-12(9)19/h1-3,6-7,14,19H,4-5H2,(H,18,20). The van der Waals surface area contributed by atoms with E-state index in [4.69, 9.17) is 4.74 Å². The highest BCUT2D eigenvalue weighted by atomic mass is 79.9. The van der Waals surface area contributed by atoms with Crippen molar-refractivity contribution in [2.75, 3.05) is 11.9 Å². The number of hydrogen-bond acceptors (Lipinski definition) is 3. The summed E-state index contributed by atoms with van der Waals surface area (Å²) in [5.41, 5.74) is 3.32. The molecule has 0 saturated heterocycles. The zero-order valence-corrected chi connectivity index (χ0v) is 12.6. The molecule has 21 heavy (non-hydrogen) atoms. The van der Waals surface area contributed by atoms with Crippen LogP contribution < -0.4 is 10.1 Å². The molecule has 2 aliphatic heterocycles. The normalized spacial score (nSPS) is 18.9. The number of aromatic hydroxyl groups is 1. The Morgan fingerprint density at radius 3 is 3.05 bits per heavy atom. The van der Waals surface area contributed by atoms with Gasteiger partial charge in [-0.2, -0.15) is 0 Å². The number of phenolic OH excluding ortho intramolecular Hbond substituents is 1. The number of phenols is 1. The molecule has 4 nitrogen and oxygen atoms in total. The van der Waals surface area contributed by atoms with Gasteiger partial charge in [0, 0.05) is 33.8 Å². The molecule has 0 fully saturated rings. The molecule has 5 heteroatoms. The van der Waals surface area contributed by atoms with E-state index in [2.05, 4.69) is 21.2 Å². The molecule has 2 aromatic rings. The number of amides is 1. The van der Waals surface area contributed by atoms with E-state index in [0.29, 0.717) is 17.9 Å². The summed E-state index contributed by atoms with van der Waals surface area (Å²) >= 11 is 3.50. The van der Waals surface area contributed by atoms with Crippen LogP contribution in [0.1, 0.15) is 22.6 Å². The first-order valence-electron chi connectivity index (χ1n) is 6.73. The number of fused-ring (bicyclic) bond motifs is 2. The van der Waals surface area contributed by atoms with E-state index < -0.39 is 5.92 Å². The van der Waals surface area contributed by atoms with Gasteiger partial charge in [0.25, 0.3) is 0 Å². The van der Waals surface area contributed by atoms with Gasteiger partial charge in [-0.15, -0.1) is 0 Å². The topological polar surface area (TPSA) is 58.6 Å². The average Bonchev–Trinajstić information content (AvgIpc) is 3.01. The summed E-state index contributed by atoms with van der Waals surface area (Å²) in [5, 5.41) is 13.2. The number of rotatable bonds is 1. The predicted molar refractivity (Wildman–Crippen MR) is 81.9 cm³/mol. The third kappa shape index (κ3) is 1.84. The summed E-state index contributed by atoms with van der Waals surface area (Å²) in [5.74, 6) is 0.189. The second-order valence-electron chi connectivity index (χ2n) is 5.24. The number of carbonyl (C=O) groups excluding carboxylic acids is 1. The number of anilines is 1. The zero-order chi connectivity index (χ0) is 14.6. The van der Waals surface area contributed by atoms with Crippen molar-refractivity contribution >= 4 is 27.5 Å². The summed E-state index contributed by atoms with van der Waals surface area (Å²) < 4.78 is 6.31. The van der Waals surface area contributed by atoms with Gasteiger partial charge in [0.2, 0.25) is 5.91 Å². The fourth-order valence-corrected chi connectivity index (χ4v) is 3.63. The third-order valence-electron chi connectivity index (χ3n) is 4.01. The van der Waals surface area contributed by atoms with E-state index in [-0.39, 0.29) is 11.7 Å². The number of hydrogen-bond donors (Lipinski definition) is 2. The van der Waals surface area contributed by atoms with Gasteiger partial charge in [-0.25, -0.2) is 0 Å². The lowest BCUT2D eigenvalue weighted by molar-refractivity contribution is -0.116. The number of benzene rings is 2. The summed E-state index contributed by atoms with van der Waals surface area (Å²) in [7, 11) is 0. The first kappa shape index (κ1) is 12.7. The van der Waals surface area contributed by atoms with E-state index in [1.165, 1.54) is 0 Å². The maximum atomic E-state index is 12.4. The van der Waals surface area contributed by atoms with Gasteiger partial charge in [0.15, 0.2) is 0 Å². The molecule has 1 amide bonds. The van der Waals surface area contributed by atoms with Crippen molar-refractivity contribution in [3.8, 4) is 11.5 Å². The van der Waals surface area contributed by atoms with Crippen LogP contribution in [-0.2, 0) is 11.2 Å². The predicted octanol–water partition coefficient (Wildman–Crippen LogP) is 3.17. The number of halogens is 1. The van der Waals surface area contributed by atoms with Crippen LogP contribution in [0.2, 0.25) is 0 Å². The molecule has 1 unspecified atom stereocenters. The van der Waals surface area contributed by atoms with E-state index in [9.17, 15) is 9.90 Å². The highest BCUT2D eigenvalue weighted by Crippen LogP contribution is 2.45. The van der Waals surface area contributed by atoms with Crippen molar-refractivity contribution < 1.29 is 14.6 Å². The Labute approximate surface area is 129 Å². The third-order valence-corrected chi connectivity index (χ3v) is 4.70. The SMILES string of the molecule is O=C1Nc2cccc(Br)c2C1c1cc2c(cc1O)OCC2. The summed E-state index contributed by atoms with van der Waals surface area (Å²) in [6, 6.07) is 9.14. The lowest BCUT2D eigenvalue weighted by Gasteiger charge is -2.14. The van der Waals surface area contributed by atoms with Crippen LogP contribution in [0.4, 0.5) is 5.69 Å². The number of ether oxygens (including phenoxy) is 1. The molecule has 0 spiro atoms. The maximum Gasteiger partial charge on any atom is 0.236 e. The molecular weight excluding hydrogens is 334 g/mol. The van der Waals surface area contributed by atoms with E-state index >= 15 is 0 Å². The van der Waals surface area contributed by atoms with Crippen LogP contribution >= 0.6 is 15.9 Å². The summed E-state index contributed by atoms with van der Waals surface area (Å²) in [4.78, 5) is 12.4. The minimum absolute atomic E-state index is 0.0967. The molecule has 2 aliphatic rings. The minimum Gasteiger partial charge on any atom is -0.507 e. The summed E-state index contributed by atoms with van der Waals surface area (Å²) in [6.45, 7) is 0.620. The molecule has 2 heterocycles. The quantitative estimate of drug-likeness (QED) is 0.834. The second-order valence-corrected chi connectivity index (χ2v) is 6.09. The van der Waals surface area contributed by atoms with Crippen molar-refractivity contribution in [2.45, 2.75) is 12.3 Å². The molecule has 0 aliphatic carbocycles. The van der Waals surface area contributed by atoms with Crippen LogP contribution in [0.3, 0.4) is 0 Å². The van der Waals surface area contributed by atoms with Gasteiger partial charge in [-0.1, -0.05) is 22.0 Å². The lowest BCUT2D eigenvalue weighted by atomic mass is 9.90. The molecule has 4 rings (SSSR count). The molecular formula is C16H12BrNO3. The highest BCUT2D eigenvalue weighted by molar-refractivity contribution is 9.10. The highest BCUT2D eigenvalue weighted by Gasteiger charge is 2.36. The van der Waals surface area contributed by atoms with Gasteiger partial charge < -0.3 is 15.2 Å². The number of carbonyl (C=O) groups is 1. The lowest BCUT2D eigenvalue weighted by Crippen LogP contribution is -2.13. The van der Waals surface area contributed by atoms with Crippen molar-refractivity contribution in [3.63, 3.8) is 0 Å².